The number of hydrogen-bond acceptors (Lipinski definition) is 2. The molecule has 1 aromatic rings. The van der Waals surface area contributed by atoms with Crippen LogP contribution in [0.15, 0.2) is 16.7 Å². The molecule has 2 nitrogen and oxygen atoms in total. The Morgan fingerprint density at radius 1 is 1.43 bits per heavy atom. The summed E-state index contributed by atoms with van der Waals surface area (Å²) >= 11 is 3.23. The lowest BCUT2D eigenvalue weighted by Crippen LogP contribution is -2.14. The monoisotopic (exact) mass is 260 g/mol. The molecule has 14 heavy (non-hydrogen) atoms. The van der Waals surface area contributed by atoms with Crippen LogP contribution in [0.1, 0.15) is 12.1 Å². The van der Waals surface area contributed by atoms with Crippen molar-refractivity contribution in [1.82, 2.24) is 9.88 Å². The van der Waals surface area contributed by atoms with Gasteiger partial charge in [0.25, 0.3) is 0 Å². The topological polar surface area (TPSA) is 16.1 Å². The molecule has 0 spiro atoms. The van der Waals surface area contributed by atoms with Gasteiger partial charge in [0, 0.05) is 0 Å². The highest BCUT2D eigenvalue weighted by atomic mass is 79.9. The molecule has 1 heterocycles. The minimum atomic E-state index is -0.216. The van der Waals surface area contributed by atoms with Gasteiger partial charge in [0.1, 0.15) is 10.4 Å². The maximum Gasteiger partial charge on any atom is 0.144 e. The summed E-state index contributed by atoms with van der Waals surface area (Å²) in [7, 11) is 4.01. The Morgan fingerprint density at radius 3 is 2.79 bits per heavy atom. The summed E-state index contributed by atoms with van der Waals surface area (Å²) in [6, 6.07) is 3.06. The first-order valence-electron chi connectivity index (χ1n) is 4.55. The van der Waals surface area contributed by atoms with E-state index in [1.807, 2.05) is 14.1 Å². The van der Waals surface area contributed by atoms with Gasteiger partial charge in [-0.05, 0) is 61.5 Å². The average molecular weight is 261 g/mol. The minimum Gasteiger partial charge on any atom is -0.309 e. The second-order valence-corrected chi connectivity index (χ2v) is 4.28. The molecular formula is C10H14BrFN2. The Kier molecular flexibility index (Phi) is 4.48. The second-order valence-electron chi connectivity index (χ2n) is 3.47. The van der Waals surface area contributed by atoms with E-state index >= 15 is 0 Å². The van der Waals surface area contributed by atoms with Gasteiger partial charge in [-0.2, -0.15) is 0 Å². The zero-order valence-corrected chi connectivity index (χ0v) is 10.0. The lowest BCUT2D eigenvalue weighted by Gasteiger charge is -2.08. The molecule has 0 amide bonds. The normalized spacial score (nSPS) is 10.9. The van der Waals surface area contributed by atoms with Crippen molar-refractivity contribution in [3.8, 4) is 0 Å². The largest absolute Gasteiger partial charge is 0.309 e. The average Bonchev–Trinajstić information content (AvgIpc) is 2.10. The summed E-state index contributed by atoms with van der Waals surface area (Å²) < 4.78 is 13.9. The van der Waals surface area contributed by atoms with Crippen LogP contribution in [0.4, 0.5) is 4.39 Å². The molecule has 0 bridgehead atoms. The van der Waals surface area contributed by atoms with Crippen molar-refractivity contribution in [1.29, 1.82) is 0 Å². The number of halogens is 2. The Bertz CT molecular complexity index is 302. The molecule has 4 heteroatoms. The van der Waals surface area contributed by atoms with Crippen LogP contribution in [0.5, 0.6) is 0 Å². The Labute approximate surface area is 92.3 Å². The van der Waals surface area contributed by atoms with Crippen molar-refractivity contribution < 1.29 is 4.39 Å². The molecule has 0 N–H and O–H groups in total. The Balaban J connectivity index is 2.53. The molecule has 0 aliphatic carbocycles. The van der Waals surface area contributed by atoms with Crippen LogP contribution in [-0.2, 0) is 6.42 Å². The standard InChI is InChI=1S/C10H14BrFN2/c1-14(2)7-3-4-9-8(12)5-6-10(11)13-9/h5-6H,3-4,7H2,1-2H3. The first-order chi connectivity index (χ1) is 6.59. The van der Waals surface area contributed by atoms with Crippen LogP contribution >= 0.6 is 15.9 Å². The number of nitrogens with zero attached hydrogens (tertiary/aromatic N) is 2. The highest BCUT2D eigenvalue weighted by molar-refractivity contribution is 9.10. The SMILES string of the molecule is CN(C)CCCc1nc(Br)ccc1F. The number of hydrogen-bond donors (Lipinski definition) is 0. The fourth-order valence-corrected chi connectivity index (χ4v) is 1.54. The summed E-state index contributed by atoms with van der Waals surface area (Å²) in [5, 5.41) is 0. The molecule has 1 rings (SSSR count). The van der Waals surface area contributed by atoms with E-state index in [1.54, 1.807) is 6.07 Å². The smallest absolute Gasteiger partial charge is 0.144 e. The van der Waals surface area contributed by atoms with Crippen LogP contribution in [-0.4, -0.2) is 30.5 Å². The third-order valence-electron chi connectivity index (χ3n) is 1.90. The number of pyridine rings is 1. The molecule has 0 saturated heterocycles. The molecule has 78 valence electrons. The molecule has 1 aromatic heterocycles. The van der Waals surface area contributed by atoms with Crippen molar-refractivity contribution in [2.45, 2.75) is 12.8 Å². The fraction of sp³-hybridized carbons (Fsp3) is 0.500. The van der Waals surface area contributed by atoms with E-state index in [4.69, 9.17) is 0 Å². The van der Waals surface area contributed by atoms with Crippen LogP contribution in [0.3, 0.4) is 0 Å². The zero-order valence-electron chi connectivity index (χ0n) is 8.43. The van der Waals surface area contributed by atoms with E-state index in [1.165, 1.54) is 6.07 Å². The van der Waals surface area contributed by atoms with Crippen molar-refractivity contribution in [3.63, 3.8) is 0 Å². The van der Waals surface area contributed by atoms with Crippen molar-refractivity contribution >= 4 is 15.9 Å². The van der Waals surface area contributed by atoms with Crippen LogP contribution in [0, 0.1) is 5.82 Å². The van der Waals surface area contributed by atoms with Gasteiger partial charge < -0.3 is 4.90 Å². The molecule has 0 radical (unpaired) electrons. The van der Waals surface area contributed by atoms with Gasteiger partial charge in [0.2, 0.25) is 0 Å². The van der Waals surface area contributed by atoms with E-state index in [0.717, 1.165) is 13.0 Å². The molecule has 0 atom stereocenters. The maximum absolute atomic E-state index is 13.2. The van der Waals surface area contributed by atoms with Crippen LogP contribution in [0.25, 0.3) is 0 Å². The maximum atomic E-state index is 13.2. The van der Waals surface area contributed by atoms with E-state index in [9.17, 15) is 4.39 Å². The summed E-state index contributed by atoms with van der Waals surface area (Å²) in [4.78, 5) is 6.17. The van der Waals surface area contributed by atoms with Gasteiger partial charge >= 0.3 is 0 Å². The van der Waals surface area contributed by atoms with E-state index in [0.29, 0.717) is 16.7 Å². The first-order valence-corrected chi connectivity index (χ1v) is 5.34. The number of aromatic nitrogens is 1. The summed E-state index contributed by atoms with van der Waals surface area (Å²) in [5.41, 5.74) is 0.543. The second kappa shape index (κ2) is 5.41. The van der Waals surface area contributed by atoms with E-state index in [2.05, 4.69) is 25.8 Å². The lowest BCUT2D eigenvalue weighted by molar-refractivity contribution is 0.397. The third kappa shape index (κ3) is 3.72. The molecule has 0 aliphatic heterocycles. The Morgan fingerprint density at radius 2 is 2.14 bits per heavy atom. The quantitative estimate of drug-likeness (QED) is 0.774. The van der Waals surface area contributed by atoms with Gasteiger partial charge in [-0.3, -0.25) is 0 Å². The minimum absolute atomic E-state index is 0.216. The molecule has 0 unspecified atom stereocenters. The van der Waals surface area contributed by atoms with Gasteiger partial charge in [-0.15, -0.1) is 0 Å². The van der Waals surface area contributed by atoms with Crippen LogP contribution in [0.2, 0.25) is 0 Å². The molecule has 0 saturated carbocycles. The van der Waals surface area contributed by atoms with Crippen molar-refractivity contribution in [3.05, 3.63) is 28.2 Å². The van der Waals surface area contributed by atoms with E-state index < -0.39 is 0 Å². The van der Waals surface area contributed by atoms with Gasteiger partial charge in [-0.25, -0.2) is 9.37 Å². The number of aryl methyl sites for hydroxylation is 1. The van der Waals surface area contributed by atoms with Gasteiger partial charge in [0.05, 0.1) is 5.69 Å². The molecule has 0 aliphatic rings. The van der Waals surface area contributed by atoms with Crippen LogP contribution < -0.4 is 0 Å². The van der Waals surface area contributed by atoms with Gasteiger partial charge in [0.15, 0.2) is 0 Å². The molecular weight excluding hydrogens is 247 g/mol. The third-order valence-corrected chi connectivity index (χ3v) is 2.35. The zero-order chi connectivity index (χ0) is 10.6. The summed E-state index contributed by atoms with van der Waals surface area (Å²) in [6.07, 6.45) is 1.61. The Hall–Kier alpha value is -0.480. The summed E-state index contributed by atoms with van der Waals surface area (Å²) in [6.45, 7) is 0.952. The summed E-state index contributed by atoms with van der Waals surface area (Å²) in [5.74, 6) is -0.216. The van der Waals surface area contributed by atoms with Crippen molar-refractivity contribution in [2.24, 2.45) is 0 Å². The number of rotatable bonds is 4. The first kappa shape index (κ1) is 11.6. The van der Waals surface area contributed by atoms with E-state index in [-0.39, 0.29) is 5.82 Å². The fourth-order valence-electron chi connectivity index (χ4n) is 1.20. The molecule has 0 aromatic carbocycles. The van der Waals surface area contributed by atoms with Gasteiger partial charge in [-0.1, -0.05) is 0 Å². The predicted octanol–water partition coefficient (Wildman–Crippen LogP) is 2.48. The molecule has 0 fully saturated rings. The highest BCUT2D eigenvalue weighted by Crippen LogP contribution is 2.12. The predicted molar refractivity (Wildman–Crippen MR) is 58.8 cm³/mol. The van der Waals surface area contributed by atoms with Crippen molar-refractivity contribution in [2.75, 3.05) is 20.6 Å². The lowest BCUT2D eigenvalue weighted by atomic mass is 10.2. The highest BCUT2D eigenvalue weighted by Gasteiger charge is 2.04.